The molecule has 0 saturated carbocycles. The van der Waals surface area contributed by atoms with Crippen LogP contribution in [0.15, 0.2) is 18.3 Å². The summed E-state index contributed by atoms with van der Waals surface area (Å²) in [6.45, 7) is 14.0. The molecule has 0 unspecified atom stereocenters. The zero-order valence-electron chi connectivity index (χ0n) is 13.8. The number of β-amino-alcohol motifs (C(OH)–C–C–N with tert-alkyl or cyclic N) is 1. The summed E-state index contributed by atoms with van der Waals surface area (Å²) in [4.78, 5) is 9.45. The van der Waals surface area contributed by atoms with Gasteiger partial charge in [0.2, 0.25) is 0 Å². The van der Waals surface area contributed by atoms with Crippen molar-refractivity contribution in [3.8, 4) is 0 Å². The van der Waals surface area contributed by atoms with Gasteiger partial charge in [0.15, 0.2) is 0 Å². The molecule has 0 amide bonds. The number of hydrogen-bond acceptors (Lipinski definition) is 4. The van der Waals surface area contributed by atoms with Gasteiger partial charge in [-0.05, 0) is 18.6 Å². The Labute approximate surface area is 128 Å². The van der Waals surface area contributed by atoms with E-state index >= 15 is 0 Å². The SMILES string of the molecule is C[C@@H]1CN(Cc2ccc(C(C)(C)C)nc2)CCN1CCO. The van der Waals surface area contributed by atoms with Crippen LogP contribution < -0.4 is 0 Å². The Morgan fingerprint density at radius 2 is 2.05 bits per heavy atom. The lowest BCUT2D eigenvalue weighted by atomic mass is 9.91. The summed E-state index contributed by atoms with van der Waals surface area (Å²) in [6, 6.07) is 4.87. The molecule has 1 aliphatic heterocycles. The van der Waals surface area contributed by atoms with Gasteiger partial charge in [0, 0.05) is 56.1 Å². The van der Waals surface area contributed by atoms with E-state index in [4.69, 9.17) is 5.11 Å². The molecular weight excluding hydrogens is 262 g/mol. The summed E-state index contributed by atoms with van der Waals surface area (Å²) in [6.07, 6.45) is 2.02. The van der Waals surface area contributed by atoms with Crippen molar-refractivity contribution in [3.63, 3.8) is 0 Å². The maximum atomic E-state index is 9.07. The first-order valence-corrected chi connectivity index (χ1v) is 7.93. The summed E-state index contributed by atoms with van der Waals surface area (Å²) < 4.78 is 0. The van der Waals surface area contributed by atoms with Crippen molar-refractivity contribution in [2.45, 2.75) is 45.7 Å². The molecule has 21 heavy (non-hydrogen) atoms. The van der Waals surface area contributed by atoms with E-state index in [1.165, 1.54) is 5.56 Å². The van der Waals surface area contributed by atoms with Crippen molar-refractivity contribution in [2.75, 3.05) is 32.8 Å². The fraction of sp³-hybridized carbons (Fsp3) is 0.706. The number of aromatic nitrogens is 1. The molecule has 0 aliphatic carbocycles. The highest BCUT2D eigenvalue weighted by atomic mass is 16.3. The zero-order chi connectivity index (χ0) is 15.5. The van der Waals surface area contributed by atoms with E-state index in [2.05, 4.69) is 54.6 Å². The minimum Gasteiger partial charge on any atom is -0.395 e. The van der Waals surface area contributed by atoms with Crippen LogP contribution in [0.3, 0.4) is 0 Å². The average molecular weight is 291 g/mol. The fourth-order valence-corrected chi connectivity index (χ4v) is 2.89. The van der Waals surface area contributed by atoms with Gasteiger partial charge >= 0.3 is 0 Å². The molecule has 0 spiro atoms. The molecule has 1 N–H and O–H groups in total. The van der Waals surface area contributed by atoms with Crippen LogP contribution in [0.5, 0.6) is 0 Å². The van der Waals surface area contributed by atoms with Crippen LogP contribution in [-0.2, 0) is 12.0 Å². The zero-order valence-corrected chi connectivity index (χ0v) is 13.8. The first kappa shape index (κ1) is 16.4. The topological polar surface area (TPSA) is 39.6 Å². The standard InChI is InChI=1S/C17H29N3O/c1-14-12-19(7-8-20(14)9-10-21)13-15-5-6-16(18-11-15)17(2,3)4/h5-6,11,14,21H,7-10,12-13H2,1-4H3/t14-/m1/s1. The quantitative estimate of drug-likeness (QED) is 0.919. The molecule has 1 atom stereocenters. The van der Waals surface area contributed by atoms with Crippen LogP contribution in [-0.4, -0.2) is 58.7 Å². The lowest BCUT2D eigenvalue weighted by Crippen LogP contribution is -2.52. The number of nitrogens with zero attached hydrogens (tertiary/aromatic N) is 3. The van der Waals surface area contributed by atoms with Gasteiger partial charge in [-0.25, -0.2) is 0 Å². The van der Waals surface area contributed by atoms with Crippen LogP contribution in [0, 0.1) is 0 Å². The van der Waals surface area contributed by atoms with Gasteiger partial charge < -0.3 is 5.11 Å². The first-order valence-electron chi connectivity index (χ1n) is 7.93. The molecule has 2 rings (SSSR count). The molecule has 1 saturated heterocycles. The second-order valence-electron chi connectivity index (χ2n) is 7.15. The molecule has 0 bridgehead atoms. The van der Waals surface area contributed by atoms with Crippen LogP contribution in [0.1, 0.15) is 39.0 Å². The Bertz CT molecular complexity index is 438. The van der Waals surface area contributed by atoms with Crippen LogP contribution >= 0.6 is 0 Å². The second kappa shape index (κ2) is 6.86. The minimum absolute atomic E-state index is 0.114. The number of aliphatic hydroxyl groups excluding tert-OH is 1. The van der Waals surface area contributed by atoms with Crippen molar-refractivity contribution in [1.82, 2.24) is 14.8 Å². The molecule has 118 valence electrons. The molecule has 4 heteroatoms. The maximum Gasteiger partial charge on any atom is 0.0558 e. The molecule has 1 aromatic rings. The van der Waals surface area contributed by atoms with E-state index in [-0.39, 0.29) is 12.0 Å². The Morgan fingerprint density at radius 1 is 1.29 bits per heavy atom. The Hall–Kier alpha value is -0.970. The second-order valence-corrected chi connectivity index (χ2v) is 7.15. The highest BCUT2D eigenvalue weighted by Gasteiger charge is 2.23. The van der Waals surface area contributed by atoms with Gasteiger partial charge in [-0.3, -0.25) is 14.8 Å². The summed E-state index contributed by atoms with van der Waals surface area (Å²) in [5.41, 5.74) is 2.54. The van der Waals surface area contributed by atoms with Gasteiger partial charge in [0.05, 0.1) is 6.61 Å². The van der Waals surface area contributed by atoms with Gasteiger partial charge in [0.1, 0.15) is 0 Å². The molecule has 4 nitrogen and oxygen atoms in total. The van der Waals surface area contributed by atoms with Crippen molar-refractivity contribution in [2.24, 2.45) is 0 Å². The number of hydrogen-bond donors (Lipinski definition) is 1. The number of pyridine rings is 1. The fourth-order valence-electron chi connectivity index (χ4n) is 2.89. The number of rotatable bonds is 4. The lowest BCUT2D eigenvalue weighted by molar-refractivity contribution is 0.0647. The molecule has 1 aromatic heterocycles. The Morgan fingerprint density at radius 3 is 2.57 bits per heavy atom. The summed E-state index contributed by atoms with van der Waals surface area (Å²) >= 11 is 0. The Balaban J connectivity index is 1.91. The van der Waals surface area contributed by atoms with Crippen molar-refractivity contribution >= 4 is 0 Å². The van der Waals surface area contributed by atoms with Crippen LogP contribution in [0.2, 0.25) is 0 Å². The third-order valence-electron chi connectivity index (χ3n) is 4.24. The van der Waals surface area contributed by atoms with E-state index in [1.807, 2.05) is 6.20 Å². The predicted molar refractivity (Wildman–Crippen MR) is 86.3 cm³/mol. The number of aliphatic hydroxyl groups is 1. The smallest absolute Gasteiger partial charge is 0.0558 e. The normalized spacial score (nSPS) is 21.7. The average Bonchev–Trinajstić information content (AvgIpc) is 2.42. The summed E-state index contributed by atoms with van der Waals surface area (Å²) in [5, 5.41) is 9.07. The van der Waals surface area contributed by atoms with E-state index in [1.54, 1.807) is 0 Å². The highest BCUT2D eigenvalue weighted by Crippen LogP contribution is 2.20. The molecule has 1 aliphatic rings. The molecular formula is C17H29N3O. The largest absolute Gasteiger partial charge is 0.395 e. The van der Waals surface area contributed by atoms with Gasteiger partial charge in [-0.15, -0.1) is 0 Å². The monoisotopic (exact) mass is 291 g/mol. The Kier molecular flexibility index (Phi) is 5.36. The number of piperazine rings is 1. The van der Waals surface area contributed by atoms with E-state index in [9.17, 15) is 0 Å². The predicted octanol–water partition coefficient (Wildman–Crippen LogP) is 1.88. The molecule has 1 fully saturated rings. The molecule has 0 aromatic carbocycles. The van der Waals surface area contributed by atoms with E-state index in [0.717, 1.165) is 38.4 Å². The van der Waals surface area contributed by atoms with Crippen LogP contribution in [0.4, 0.5) is 0 Å². The van der Waals surface area contributed by atoms with Gasteiger partial charge in [0.25, 0.3) is 0 Å². The minimum atomic E-state index is 0.114. The first-order chi connectivity index (χ1) is 9.90. The summed E-state index contributed by atoms with van der Waals surface area (Å²) in [7, 11) is 0. The van der Waals surface area contributed by atoms with Crippen LogP contribution in [0.25, 0.3) is 0 Å². The van der Waals surface area contributed by atoms with E-state index < -0.39 is 0 Å². The van der Waals surface area contributed by atoms with Crippen molar-refractivity contribution in [1.29, 1.82) is 0 Å². The van der Waals surface area contributed by atoms with Gasteiger partial charge in [-0.2, -0.15) is 0 Å². The van der Waals surface area contributed by atoms with E-state index in [0.29, 0.717) is 6.04 Å². The highest BCUT2D eigenvalue weighted by molar-refractivity contribution is 5.19. The third kappa shape index (κ3) is 4.50. The van der Waals surface area contributed by atoms with Gasteiger partial charge in [-0.1, -0.05) is 26.8 Å². The lowest BCUT2D eigenvalue weighted by Gasteiger charge is -2.39. The summed E-state index contributed by atoms with van der Waals surface area (Å²) in [5.74, 6) is 0. The third-order valence-corrected chi connectivity index (χ3v) is 4.24. The maximum absolute atomic E-state index is 9.07. The van der Waals surface area contributed by atoms with Crippen molar-refractivity contribution in [3.05, 3.63) is 29.6 Å². The van der Waals surface area contributed by atoms with Crippen molar-refractivity contribution < 1.29 is 5.11 Å². The molecule has 0 radical (unpaired) electrons. The molecule has 2 heterocycles.